The zero-order chi connectivity index (χ0) is 14.6. The molecule has 2 rings (SSSR count). The van der Waals surface area contributed by atoms with Crippen molar-refractivity contribution in [1.82, 2.24) is 0 Å². The van der Waals surface area contributed by atoms with Gasteiger partial charge in [-0.2, -0.15) is 0 Å². The molecule has 0 aliphatic carbocycles. The van der Waals surface area contributed by atoms with Gasteiger partial charge < -0.3 is 10.8 Å². The zero-order valence-corrected chi connectivity index (χ0v) is 13.8. The Morgan fingerprint density at radius 1 is 1.05 bits per heavy atom. The minimum absolute atomic E-state index is 0.0541. The van der Waals surface area contributed by atoms with Gasteiger partial charge >= 0.3 is 0 Å². The summed E-state index contributed by atoms with van der Waals surface area (Å²) < 4.78 is 1.21. The summed E-state index contributed by atoms with van der Waals surface area (Å²) in [5.74, 6) is 0. The Hall–Kier alpha value is -0.910. The molecule has 106 valence electrons. The number of aryl methyl sites for hydroxylation is 1. The fraction of sp³-hybridized carbons (Fsp3) is 0.294. The fourth-order valence-electron chi connectivity index (χ4n) is 2.40. The predicted octanol–water partition coefficient (Wildman–Crippen LogP) is 3.03. The fourth-order valence-corrected chi connectivity index (χ4v) is 2.76. The van der Waals surface area contributed by atoms with E-state index in [0.29, 0.717) is 6.54 Å². The molecule has 0 heterocycles. The summed E-state index contributed by atoms with van der Waals surface area (Å²) in [4.78, 5) is 0. The lowest BCUT2D eigenvalue weighted by Gasteiger charge is -2.31. The number of nitrogens with two attached hydrogens (primary N) is 1. The maximum atomic E-state index is 9.93. The first-order valence-electron chi connectivity index (χ1n) is 6.72. The van der Waals surface area contributed by atoms with Crippen molar-refractivity contribution in [3.05, 3.63) is 68.8 Å². The van der Waals surface area contributed by atoms with Crippen molar-refractivity contribution in [2.24, 2.45) is 5.73 Å². The molecule has 0 saturated carbocycles. The molecule has 2 aromatic rings. The number of benzene rings is 2. The Labute approximate surface area is 134 Å². The molecule has 3 N–H and O–H groups in total. The van der Waals surface area contributed by atoms with E-state index in [1.807, 2.05) is 0 Å². The molecular formula is C17H20INO. The molecule has 1 atom stereocenters. The van der Waals surface area contributed by atoms with Crippen LogP contribution in [0.15, 0.2) is 48.5 Å². The third kappa shape index (κ3) is 3.40. The number of hydrogen-bond acceptors (Lipinski definition) is 2. The van der Waals surface area contributed by atoms with Crippen LogP contribution in [0.1, 0.15) is 16.7 Å². The molecule has 1 unspecified atom stereocenters. The Kier molecular flexibility index (Phi) is 5.18. The molecule has 0 aromatic heterocycles. The first-order valence-corrected chi connectivity index (χ1v) is 7.80. The summed E-state index contributed by atoms with van der Waals surface area (Å²) in [6, 6.07) is 16.7. The summed E-state index contributed by atoms with van der Waals surface area (Å²) in [6.45, 7) is 2.54. The Bertz CT molecular complexity index is 544. The zero-order valence-electron chi connectivity index (χ0n) is 11.6. The minimum atomic E-state index is -0.402. The van der Waals surface area contributed by atoms with Gasteiger partial charge in [-0.25, -0.2) is 0 Å². The number of aliphatic hydroxyl groups excluding tert-OH is 1. The number of aliphatic hydroxyl groups is 1. The topological polar surface area (TPSA) is 46.2 Å². The first kappa shape index (κ1) is 15.5. The second kappa shape index (κ2) is 6.70. The molecular weight excluding hydrogens is 361 g/mol. The van der Waals surface area contributed by atoms with Crippen LogP contribution in [0.3, 0.4) is 0 Å². The van der Waals surface area contributed by atoms with Crippen molar-refractivity contribution in [1.29, 1.82) is 0 Å². The molecule has 0 spiro atoms. The third-order valence-electron chi connectivity index (χ3n) is 3.81. The Morgan fingerprint density at radius 2 is 1.65 bits per heavy atom. The highest BCUT2D eigenvalue weighted by Crippen LogP contribution is 2.28. The van der Waals surface area contributed by atoms with Crippen LogP contribution in [0.5, 0.6) is 0 Å². The molecule has 0 fully saturated rings. The van der Waals surface area contributed by atoms with Crippen molar-refractivity contribution in [3.8, 4) is 0 Å². The molecule has 0 bridgehead atoms. The van der Waals surface area contributed by atoms with E-state index in [0.717, 1.165) is 12.0 Å². The van der Waals surface area contributed by atoms with Crippen LogP contribution < -0.4 is 5.73 Å². The second-order valence-electron chi connectivity index (χ2n) is 5.31. The minimum Gasteiger partial charge on any atom is -0.395 e. The van der Waals surface area contributed by atoms with E-state index >= 15 is 0 Å². The Morgan fingerprint density at radius 3 is 2.15 bits per heavy atom. The maximum absolute atomic E-state index is 9.93. The second-order valence-corrected chi connectivity index (χ2v) is 6.56. The molecule has 2 nitrogen and oxygen atoms in total. The van der Waals surface area contributed by atoms with Crippen LogP contribution >= 0.6 is 22.6 Å². The van der Waals surface area contributed by atoms with Gasteiger partial charge in [-0.05, 0) is 59.2 Å². The van der Waals surface area contributed by atoms with E-state index in [-0.39, 0.29) is 6.61 Å². The van der Waals surface area contributed by atoms with E-state index in [1.54, 1.807) is 0 Å². The predicted molar refractivity (Wildman–Crippen MR) is 91.9 cm³/mol. The summed E-state index contributed by atoms with van der Waals surface area (Å²) in [6.07, 6.45) is 0.750. The molecule has 20 heavy (non-hydrogen) atoms. The maximum Gasteiger partial charge on any atom is 0.0543 e. The van der Waals surface area contributed by atoms with Crippen molar-refractivity contribution in [3.63, 3.8) is 0 Å². The number of hydrogen-bond donors (Lipinski definition) is 2. The van der Waals surface area contributed by atoms with Crippen molar-refractivity contribution >= 4 is 22.6 Å². The first-order chi connectivity index (χ1) is 9.59. The van der Waals surface area contributed by atoms with Gasteiger partial charge in [0, 0.05) is 15.5 Å². The summed E-state index contributed by atoms with van der Waals surface area (Å²) in [5.41, 5.74) is 9.12. The van der Waals surface area contributed by atoms with E-state index in [1.165, 1.54) is 14.7 Å². The monoisotopic (exact) mass is 381 g/mol. The van der Waals surface area contributed by atoms with Gasteiger partial charge in [0.05, 0.1) is 6.61 Å². The van der Waals surface area contributed by atoms with Crippen LogP contribution in [0.25, 0.3) is 0 Å². The largest absolute Gasteiger partial charge is 0.395 e. The normalized spacial score (nSPS) is 14.0. The van der Waals surface area contributed by atoms with Crippen LogP contribution in [0, 0.1) is 10.5 Å². The van der Waals surface area contributed by atoms with Crippen LogP contribution in [0.4, 0.5) is 0 Å². The van der Waals surface area contributed by atoms with Gasteiger partial charge in [0.25, 0.3) is 0 Å². The molecule has 2 aromatic carbocycles. The number of rotatable bonds is 5. The lowest BCUT2D eigenvalue weighted by atomic mass is 9.76. The summed E-state index contributed by atoms with van der Waals surface area (Å²) in [5, 5.41) is 9.93. The smallest absolute Gasteiger partial charge is 0.0543 e. The average Bonchev–Trinajstić information content (AvgIpc) is 2.48. The van der Waals surface area contributed by atoms with E-state index in [4.69, 9.17) is 5.73 Å². The summed E-state index contributed by atoms with van der Waals surface area (Å²) >= 11 is 2.29. The van der Waals surface area contributed by atoms with Crippen LogP contribution in [-0.2, 0) is 11.8 Å². The van der Waals surface area contributed by atoms with Gasteiger partial charge in [0.2, 0.25) is 0 Å². The highest BCUT2D eigenvalue weighted by Gasteiger charge is 2.30. The van der Waals surface area contributed by atoms with Crippen LogP contribution in [0.2, 0.25) is 0 Å². The lowest BCUT2D eigenvalue weighted by Crippen LogP contribution is -2.41. The van der Waals surface area contributed by atoms with Crippen molar-refractivity contribution in [2.45, 2.75) is 18.8 Å². The highest BCUT2D eigenvalue weighted by molar-refractivity contribution is 14.1. The van der Waals surface area contributed by atoms with Gasteiger partial charge in [-0.15, -0.1) is 0 Å². The van der Waals surface area contributed by atoms with Gasteiger partial charge in [0.15, 0.2) is 0 Å². The quantitative estimate of drug-likeness (QED) is 0.783. The number of halogens is 1. The molecule has 0 radical (unpaired) electrons. The molecule has 0 aliphatic heterocycles. The standard InChI is InChI=1S/C17H20INO/c1-13-2-6-15(7-3-13)17(11-19,12-20)10-14-4-8-16(18)9-5-14/h2-9,20H,10-12,19H2,1H3. The van der Waals surface area contributed by atoms with E-state index < -0.39 is 5.41 Å². The molecule has 0 aliphatic rings. The molecule has 3 heteroatoms. The van der Waals surface area contributed by atoms with Crippen molar-refractivity contribution in [2.75, 3.05) is 13.2 Å². The van der Waals surface area contributed by atoms with Gasteiger partial charge in [-0.1, -0.05) is 42.0 Å². The Balaban J connectivity index is 2.33. The van der Waals surface area contributed by atoms with E-state index in [9.17, 15) is 5.11 Å². The SMILES string of the molecule is Cc1ccc(C(CN)(CO)Cc2ccc(I)cc2)cc1. The van der Waals surface area contributed by atoms with Gasteiger partial charge in [-0.3, -0.25) is 0 Å². The lowest BCUT2D eigenvalue weighted by molar-refractivity contribution is 0.196. The van der Waals surface area contributed by atoms with Crippen molar-refractivity contribution < 1.29 is 5.11 Å². The third-order valence-corrected chi connectivity index (χ3v) is 4.53. The summed E-state index contributed by atoms with van der Waals surface area (Å²) in [7, 11) is 0. The highest BCUT2D eigenvalue weighted by atomic mass is 127. The molecule has 0 saturated heterocycles. The van der Waals surface area contributed by atoms with Gasteiger partial charge in [0.1, 0.15) is 0 Å². The molecule has 0 amide bonds. The average molecular weight is 381 g/mol. The van der Waals surface area contributed by atoms with E-state index in [2.05, 4.69) is 78.0 Å². The van der Waals surface area contributed by atoms with Crippen LogP contribution in [-0.4, -0.2) is 18.3 Å².